The molecule has 0 aliphatic heterocycles. The summed E-state index contributed by atoms with van der Waals surface area (Å²) in [6.45, 7) is 4.56. The lowest BCUT2D eigenvalue weighted by Crippen LogP contribution is -2.54. The van der Waals surface area contributed by atoms with E-state index in [4.69, 9.17) is 0 Å². The van der Waals surface area contributed by atoms with E-state index in [0.29, 0.717) is 42.2 Å². The van der Waals surface area contributed by atoms with E-state index in [1.54, 1.807) is 6.08 Å². The zero-order valence-corrected chi connectivity index (χ0v) is 14.8. The molecule has 0 aromatic rings. The number of carbonyl (C=O) groups is 2. The van der Waals surface area contributed by atoms with Crippen molar-refractivity contribution in [2.45, 2.75) is 65.2 Å². The van der Waals surface area contributed by atoms with Crippen LogP contribution in [0.1, 0.15) is 65.2 Å². The summed E-state index contributed by atoms with van der Waals surface area (Å²) in [6.07, 6.45) is 8.81. The molecular weight excluding hydrogens is 298 g/mol. The number of ketones is 2. The molecule has 0 aromatic carbocycles. The Morgan fingerprint density at radius 2 is 1.88 bits per heavy atom. The third-order valence-corrected chi connectivity index (χ3v) is 8.33. The molecule has 0 spiro atoms. The number of fused-ring (bicyclic) bond motifs is 5. The van der Waals surface area contributed by atoms with Gasteiger partial charge in [-0.25, -0.2) is 0 Å². The average molecular weight is 325 g/mol. The van der Waals surface area contributed by atoms with Gasteiger partial charge in [0.15, 0.2) is 0 Å². The van der Waals surface area contributed by atoms with Gasteiger partial charge in [-0.15, -0.1) is 0 Å². The molecule has 0 amide bonds. The standard InChI is InChI=1S/C21H27NO2/c1-20-8-5-14(23)12-18(20)13(7-10-22)11-15-16-3-4-19(24)21(16,2)9-6-17(15)20/h7,15-18H,3-6,8-9,11-12H2,1-2H3/b13-7+/t15?,16?,17?,18?,20-,21+/m1/s1. The highest BCUT2D eigenvalue weighted by Gasteiger charge is 2.61. The Kier molecular flexibility index (Phi) is 3.53. The lowest BCUT2D eigenvalue weighted by Gasteiger charge is -2.59. The van der Waals surface area contributed by atoms with Crippen molar-refractivity contribution < 1.29 is 9.59 Å². The number of hydrogen-bond donors (Lipinski definition) is 0. The van der Waals surface area contributed by atoms with Crippen molar-refractivity contribution in [2.75, 3.05) is 0 Å². The molecule has 0 saturated heterocycles. The van der Waals surface area contributed by atoms with Crippen molar-refractivity contribution in [3.63, 3.8) is 0 Å². The van der Waals surface area contributed by atoms with Crippen LogP contribution in [-0.2, 0) is 9.59 Å². The van der Waals surface area contributed by atoms with Crippen molar-refractivity contribution in [3.8, 4) is 6.07 Å². The van der Waals surface area contributed by atoms with Gasteiger partial charge in [0.25, 0.3) is 0 Å². The van der Waals surface area contributed by atoms with E-state index < -0.39 is 0 Å². The van der Waals surface area contributed by atoms with Crippen LogP contribution in [0.5, 0.6) is 0 Å². The normalized spacial score (nSPS) is 49.3. The van der Waals surface area contributed by atoms with Crippen molar-refractivity contribution >= 4 is 11.6 Å². The molecule has 0 N–H and O–H groups in total. The Hall–Kier alpha value is -1.43. The second-order valence-corrected chi connectivity index (χ2v) is 9.15. The molecule has 4 aliphatic rings. The van der Waals surface area contributed by atoms with Crippen LogP contribution < -0.4 is 0 Å². The molecule has 4 saturated carbocycles. The predicted octanol–water partition coefficient (Wildman–Crippen LogP) is 4.23. The van der Waals surface area contributed by atoms with Crippen LogP contribution in [0, 0.1) is 45.8 Å². The molecule has 0 bridgehead atoms. The van der Waals surface area contributed by atoms with E-state index in [1.165, 1.54) is 5.57 Å². The van der Waals surface area contributed by atoms with Gasteiger partial charge in [-0.2, -0.15) is 5.26 Å². The topological polar surface area (TPSA) is 57.9 Å². The molecule has 4 fully saturated rings. The number of hydrogen-bond acceptors (Lipinski definition) is 3. The molecule has 4 unspecified atom stereocenters. The Labute approximate surface area is 144 Å². The highest BCUT2D eigenvalue weighted by atomic mass is 16.1. The summed E-state index contributed by atoms with van der Waals surface area (Å²) in [5, 5.41) is 9.27. The van der Waals surface area contributed by atoms with Crippen LogP contribution in [0.2, 0.25) is 0 Å². The first-order chi connectivity index (χ1) is 11.4. The molecule has 3 heteroatoms. The molecule has 3 nitrogen and oxygen atoms in total. The van der Waals surface area contributed by atoms with E-state index in [2.05, 4.69) is 19.9 Å². The zero-order chi connectivity index (χ0) is 17.1. The van der Waals surface area contributed by atoms with Crippen molar-refractivity contribution in [1.82, 2.24) is 0 Å². The van der Waals surface area contributed by atoms with Crippen LogP contribution in [0.25, 0.3) is 0 Å². The lowest BCUT2D eigenvalue weighted by atomic mass is 9.44. The third-order valence-electron chi connectivity index (χ3n) is 8.33. The molecule has 0 heterocycles. The lowest BCUT2D eigenvalue weighted by molar-refractivity contribution is -0.138. The van der Waals surface area contributed by atoms with Crippen molar-refractivity contribution in [1.29, 1.82) is 5.26 Å². The summed E-state index contributed by atoms with van der Waals surface area (Å²) in [7, 11) is 0. The summed E-state index contributed by atoms with van der Waals surface area (Å²) in [4.78, 5) is 24.6. The molecule has 4 rings (SSSR count). The van der Waals surface area contributed by atoms with Crippen LogP contribution in [-0.4, -0.2) is 11.6 Å². The summed E-state index contributed by atoms with van der Waals surface area (Å²) in [6, 6.07) is 2.24. The molecule has 128 valence electrons. The first-order valence-corrected chi connectivity index (χ1v) is 9.53. The van der Waals surface area contributed by atoms with Gasteiger partial charge in [0.05, 0.1) is 6.07 Å². The largest absolute Gasteiger partial charge is 0.300 e. The Morgan fingerprint density at radius 1 is 1.08 bits per heavy atom. The maximum Gasteiger partial charge on any atom is 0.139 e. The average Bonchev–Trinajstić information content (AvgIpc) is 2.85. The third kappa shape index (κ3) is 2.01. The molecule has 24 heavy (non-hydrogen) atoms. The van der Waals surface area contributed by atoms with Crippen LogP contribution in [0.3, 0.4) is 0 Å². The molecule has 6 atom stereocenters. The highest BCUT2D eigenvalue weighted by Crippen LogP contribution is 2.66. The van der Waals surface area contributed by atoms with E-state index in [0.717, 1.165) is 38.5 Å². The maximum absolute atomic E-state index is 12.5. The van der Waals surface area contributed by atoms with E-state index in [9.17, 15) is 14.9 Å². The molecule has 4 aliphatic carbocycles. The van der Waals surface area contributed by atoms with E-state index in [1.807, 2.05) is 0 Å². The predicted molar refractivity (Wildman–Crippen MR) is 90.8 cm³/mol. The number of nitriles is 1. The van der Waals surface area contributed by atoms with Crippen LogP contribution in [0.4, 0.5) is 0 Å². The number of rotatable bonds is 0. The number of Topliss-reactive ketones (excluding diaryl/α,β-unsaturated/α-hetero) is 2. The van der Waals surface area contributed by atoms with Crippen molar-refractivity contribution in [2.24, 2.45) is 34.5 Å². The second-order valence-electron chi connectivity index (χ2n) is 9.15. The van der Waals surface area contributed by atoms with Crippen LogP contribution >= 0.6 is 0 Å². The van der Waals surface area contributed by atoms with Crippen LogP contribution in [0.15, 0.2) is 11.6 Å². The summed E-state index contributed by atoms with van der Waals surface area (Å²) in [5.41, 5.74) is 1.19. The van der Waals surface area contributed by atoms with Gasteiger partial charge in [0.2, 0.25) is 0 Å². The minimum atomic E-state index is -0.132. The van der Waals surface area contributed by atoms with E-state index >= 15 is 0 Å². The first kappa shape index (κ1) is 16.1. The van der Waals surface area contributed by atoms with Gasteiger partial charge >= 0.3 is 0 Å². The first-order valence-electron chi connectivity index (χ1n) is 9.53. The number of nitrogens with zero attached hydrogens (tertiary/aromatic N) is 1. The summed E-state index contributed by atoms with van der Waals surface area (Å²) >= 11 is 0. The van der Waals surface area contributed by atoms with Gasteiger partial charge in [-0.3, -0.25) is 9.59 Å². The fourth-order valence-corrected chi connectivity index (χ4v) is 6.96. The fourth-order valence-electron chi connectivity index (χ4n) is 6.96. The molecule has 0 aromatic heterocycles. The summed E-state index contributed by atoms with van der Waals surface area (Å²) < 4.78 is 0. The van der Waals surface area contributed by atoms with Crippen molar-refractivity contribution in [3.05, 3.63) is 11.6 Å². The summed E-state index contributed by atoms with van der Waals surface area (Å²) in [5.74, 6) is 2.67. The quantitative estimate of drug-likeness (QED) is 0.626. The molecular formula is C21H27NO2. The van der Waals surface area contributed by atoms with Gasteiger partial charge < -0.3 is 0 Å². The van der Waals surface area contributed by atoms with Gasteiger partial charge in [0, 0.05) is 30.8 Å². The number of allylic oxidation sites excluding steroid dienone is 2. The molecule has 0 radical (unpaired) electrons. The van der Waals surface area contributed by atoms with Gasteiger partial charge in [-0.05, 0) is 61.2 Å². The minimum absolute atomic E-state index is 0.131. The zero-order valence-electron chi connectivity index (χ0n) is 14.8. The van der Waals surface area contributed by atoms with Gasteiger partial charge in [-0.1, -0.05) is 19.4 Å². The Morgan fingerprint density at radius 3 is 2.62 bits per heavy atom. The highest BCUT2D eigenvalue weighted by molar-refractivity contribution is 5.87. The monoisotopic (exact) mass is 325 g/mol. The Bertz CT molecular complexity index is 672. The fraction of sp³-hybridized carbons (Fsp3) is 0.762. The Balaban J connectivity index is 1.75. The second kappa shape index (κ2) is 5.28. The van der Waals surface area contributed by atoms with E-state index in [-0.39, 0.29) is 16.7 Å². The van der Waals surface area contributed by atoms with Gasteiger partial charge in [0.1, 0.15) is 11.6 Å². The number of carbonyl (C=O) groups excluding carboxylic acids is 2. The SMILES string of the molecule is C[C@]12CCC(=O)CC1/C(=C/C#N)CC1C2CC[C@]2(C)C(=O)CCC12. The smallest absolute Gasteiger partial charge is 0.139 e. The maximum atomic E-state index is 12.5. The minimum Gasteiger partial charge on any atom is -0.300 e.